The van der Waals surface area contributed by atoms with E-state index in [0.29, 0.717) is 17.8 Å². The van der Waals surface area contributed by atoms with Crippen molar-refractivity contribution in [2.75, 3.05) is 6.54 Å². The molecule has 0 aliphatic carbocycles. The van der Waals surface area contributed by atoms with Crippen LogP contribution in [0.25, 0.3) is 11.1 Å². The molecule has 1 N–H and O–H groups in total. The number of nitrogens with one attached hydrogen (secondary N) is 1. The number of benzene rings is 1. The van der Waals surface area contributed by atoms with Gasteiger partial charge in [-0.1, -0.05) is 6.07 Å². The van der Waals surface area contributed by atoms with E-state index in [4.69, 9.17) is 4.42 Å². The van der Waals surface area contributed by atoms with Gasteiger partial charge in [-0.15, -0.1) is 5.10 Å². The highest BCUT2D eigenvalue weighted by atomic mass is 19.4. The maximum absolute atomic E-state index is 13.6. The van der Waals surface area contributed by atoms with Gasteiger partial charge in [0, 0.05) is 43.9 Å². The second-order valence-corrected chi connectivity index (χ2v) is 8.29. The number of aromatic amines is 1. The molecule has 35 heavy (non-hydrogen) atoms. The molecule has 0 unspecified atom stereocenters. The van der Waals surface area contributed by atoms with Gasteiger partial charge in [-0.05, 0) is 12.1 Å². The molecule has 2 aliphatic heterocycles. The lowest BCUT2D eigenvalue weighted by atomic mass is 10.0. The summed E-state index contributed by atoms with van der Waals surface area (Å²) in [6.45, 7) is 0.269. The van der Waals surface area contributed by atoms with E-state index in [1.165, 1.54) is 23.4 Å². The Kier molecular flexibility index (Phi) is 4.62. The molecule has 10 nitrogen and oxygen atoms in total. The van der Waals surface area contributed by atoms with Crippen molar-refractivity contribution in [3.05, 3.63) is 65.3 Å². The van der Waals surface area contributed by atoms with Gasteiger partial charge in [0.2, 0.25) is 5.89 Å². The third-order valence-corrected chi connectivity index (χ3v) is 6.07. The zero-order chi connectivity index (χ0) is 24.3. The van der Waals surface area contributed by atoms with Gasteiger partial charge in [0.25, 0.3) is 5.91 Å². The number of hydrogen-bond donors (Lipinski definition) is 1. The number of aryl methyl sites for hydroxylation is 1. The van der Waals surface area contributed by atoms with Gasteiger partial charge in [-0.25, -0.2) is 9.97 Å². The van der Waals surface area contributed by atoms with Crippen LogP contribution in [-0.4, -0.2) is 53.5 Å². The first-order chi connectivity index (χ1) is 16.8. The number of alkyl halides is 3. The van der Waals surface area contributed by atoms with Crippen LogP contribution in [0, 0.1) is 0 Å². The Hall–Kier alpha value is -4.29. The van der Waals surface area contributed by atoms with Crippen LogP contribution < -0.4 is 0 Å². The summed E-state index contributed by atoms with van der Waals surface area (Å²) in [6.07, 6.45) is 0.957. The average Bonchev–Trinajstić information content (AvgIpc) is 3.62. The highest BCUT2D eigenvalue weighted by Gasteiger charge is 2.41. The number of halogens is 3. The first-order valence-electron chi connectivity index (χ1n) is 10.7. The maximum atomic E-state index is 13.6. The number of rotatable bonds is 3. The molecular weight excluding hydrogens is 465 g/mol. The number of carbonyl (C=O) groups is 1. The number of nitrogens with zero attached hydrogens (tertiary/aromatic N) is 7. The molecule has 1 amide bonds. The monoisotopic (exact) mass is 482 g/mol. The van der Waals surface area contributed by atoms with Gasteiger partial charge in [0.15, 0.2) is 11.6 Å². The molecule has 0 spiro atoms. The molecule has 0 saturated carbocycles. The summed E-state index contributed by atoms with van der Waals surface area (Å²) in [5, 5.41) is 12.3. The molecular formula is C22H17F3N8O2. The number of carbonyl (C=O) groups excluding carboxylic acids is 1. The second kappa shape index (κ2) is 7.61. The van der Waals surface area contributed by atoms with Crippen LogP contribution in [-0.2, 0) is 24.4 Å². The first-order valence-corrected chi connectivity index (χ1v) is 10.7. The van der Waals surface area contributed by atoms with Crippen LogP contribution in [0.1, 0.15) is 40.9 Å². The van der Waals surface area contributed by atoms with Crippen molar-refractivity contribution in [2.45, 2.75) is 25.1 Å². The Morgan fingerprint density at radius 3 is 2.89 bits per heavy atom. The minimum Gasteiger partial charge on any atom is -0.437 e. The molecule has 5 heterocycles. The fourth-order valence-electron chi connectivity index (χ4n) is 4.42. The van der Waals surface area contributed by atoms with E-state index >= 15 is 0 Å². The fraction of sp³-hybridized carbons (Fsp3) is 0.273. The van der Waals surface area contributed by atoms with Crippen LogP contribution in [0.2, 0.25) is 0 Å². The van der Waals surface area contributed by atoms with E-state index in [2.05, 4.69) is 30.3 Å². The number of oxazole rings is 1. The molecule has 0 radical (unpaired) electrons. The van der Waals surface area contributed by atoms with Crippen LogP contribution in [0.4, 0.5) is 13.2 Å². The van der Waals surface area contributed by atoms with E-state index < -0.39 is 23.7 Å². The van der Waals surface area contributed by atoms with E-state index in [1.807, 2.05) is 0 Å². The lowest BCUT2D eigenvalue weighted by Crippen LogP contribution is -2.44. The van der Waals surface area contributed by atoms with Crippen molar-refractivity contribution in [3.8, 4) is 0 Å². The van der Waals surface area contributed by atoms with Crippen molar-refractivity contribution in [1.29, 1.82) is 0 Å². The van der Waals surface area contributed by atoms with Crippen molar-refractivity contribution in [2.24, 2.45) is 17.3 Å². The summed E-state index contributed by atoms with van der Waals surface area (Å²) in [4.78, 5) is 26.7. The standard InChI is InChI=1S/C22H17F3N8O2/c1-32-9-11(8-28-32)15-7-16(31-30-15)21(34)33-6-5-13-17(27-10-26-13)18(33)20-29-14-4-2-3-12(19(14)35-20)22(23,24)25/h2-4,8-10,18H,5-7H2,1H3,(H,26,27)/t18-/m0/s1. The SMILES string of the molecule is Cn1cc(C2=NN=C(C(=O)N3CCc4[nH]cnc4[C@H]3c3nc4cccc(C(F)(F)F)c4o3)C2)cn1. The number of imidazole rings is 1. The molecule has 6 rings (SSSR count). The number of aromatic nitrogens is 5. The number of amides is 1. The summed E-state index contributed by atoms with van der Waals surface area (Å²) in [6, 6.07) is 2.72. The molecule has 0 fully saturated rings. The Morgan fingerprint density at radius 1 is 1.26 bits per heavy atom. The fourth-order valence-corrected chi connectivity index (χ4v) is 4.42. The van der Waals surface area contributed by atoms with Crippen LogP contribution in [0.3, 0.4) is 0 Å². The largest absolute Gasteiger partial charge is 0.437 e. The van der Waals surface area contributed by atoms with Gasteiger partial charge < -0.3 is 14.3 Å². The lowest BCUT2D eigenvalue weighted by molar-refractivity contribution is -0.137. The molecule has 4 aromatic rings. The van der Waals surface area contributed by atoms with E-state index in [1.54, 1.807) is 24.1 Å². The molecule has 2 aliphatic rings. The summed E-state index contributed by atoms with van der Waals surface area (Å²) in [7, 11) is 1.77. The van der Waals surface area contributed by atoms with Crippen LogP contribution in [0.15, 0.2) is 51.5 Å². The van der Waals surface area contributed by atoms with Gasteiger partial charge >= 0.3 is 6.18 Å². The van der Waals surface area contributed by atoms with Crippen LogP contribution >= 0.6 is 0 Å². The van der Waals surface area contributed by atoms with Crippen molar-refractivity contribution in [1.82, 2.24) is 29.6 Å². The average molecular weight is 482 g/mol. The topological polar surface area (TPSA) is 118 Å². The molecule has 178 valence electrons. The zero-order valence-electron chi connectivity index (χ0n) is 18.2. The summed E-state index contributed by atoms with van der Waals surface area (Å²) >= 11 is 0. The predicted octanol–water partition coefficient (Wildman–Crippen LogP) is 3.03. The van der Waals surface area contributed by atoms with Crippen LogP contribution in [0.5, 0.6) is 0 Å². The number of fused-ring (bicyclic) bond motifs is 2. The normalized spacial score (nSPS) is 18.1. The Labute approximate surface area is 195 Å². The van der Waals surface area contributed by atoms with E-state index in [-0.39, 0.29) is 35.7 Å². The minimum atomic E-state index is -4.62. The molecule has 13 heteroatoms. The quantitative estimate of drug-likeness (QED) is 0.482. The third-order valence-electron chi connectivity index (χ3n) is 6.07. The Balaban J connectivity index is 1.37. The van der Waals surface area contributed by atoms with Gasteiger partial charge in [-0.2, -0.15) is 23.4 Å². The number of H-pyrrole nitrogens is 1. The zero-order valence-corrected chi connectivity index (χ0v) is 18.2. The highest BCUT2D eigenvalue weighted by Crippen LogP contribution is 2.39. The molecule has 3 aromatic heterocycles. The molecule has 1 atom stereocenters. The van der Waals surface area contributed by atoms with Crippen molar-refractivity contribution >= 4 is 28.4 Å². The second-order valence-electron chi connectivity index (χ2n) is 8.29. The summed E-state index contributed by atoms with van der Waals surface area (Å²) in [5.41, 5.74) is 1.53. The van der Waals surface area contributed by atoms with Crippen molar-refractivity contribution in [3.63, 3.8) is 0 Å². The molecule has 0 bridgehead atoms. The third kappa shape index (κ3) is 3.50. The van der Waals surface area contributed by atoms with Crippen molar-refractivity contribution < 1.29 is 22.4 Å². The van der Waals surface area contributed by atoms with Gasteiger partial charge in [-0.3, -0.25) is 9.48 Å². The van der Waals surface area contributed by atoms with E-state index in [0.717, 1.165) is 17.3 Å². The van der Waals surface area contributed by atoms with Gasteiger partial charge in [0.1, 0.15) is 16.8 Å². The maximum Gasteiger partial charge on any atom is 0.420 e. The highest BCUT2D eigenvalue weighted by molar-refractivity contribution is 6.44. The van der Waals surface area contributed by atoms with Gasteiger partial charge in [0.05, 0.1) is 23.9 Å². The summed E-state index contributed by atoms with van der Waals surface area (Å²) < 4.78 is 47.9. The number of hydrogen-bond acceptors (Lipinski definition) is 7. The Morgan fingerprint density at radius 2 is 2.11 bits per heavy atom. The molecule has 0 saturated heterocycles. The summed E-state index contributed by atoms with van der Waals surface area (Å²) in [5.74, 6) is -0.463. The first kappa shape index (κ1) is 21.3. The predicted molar refractivity (Wildman–Crippen MR) is 117 cm³/mol. The lowest BCUT2D eigenvalue weighted by Gasteiger charge is -2.32. The number of para-hydroxylation sites is 1. The Bertz CT molecular complexity index is 1530. The smallest absolute Gasteiger partial charge is 0.420 e. The van der Waals surface area contributed by atoms with E-state index in [9.17, 15) is 18.0 Å². The minimum absolute atomic E-state index is 0.0466. The molecule has 1 aromatic carbocycles.